The zero-order valence-corrected chi connectivity index (χ0v) is 10.5. The molecule has 5 nitrogen and oxygen atoms in total. The number of imidazole rings is 1. The average Bonchev–Trinajstić information content (AvgIpc) is 2.87. The van der Waals surface area contributed by atoms with E-state index in [1.807, 2.05) is 6.07 Å². The van der Waals surface area contributed by atoms with Crippen molar-refractivity contribution >= 4 is 5.65 Å². The van der Waals surface area contributed by atoms with E-state index >= 15 is 0 Å². The summed E-state index contributed by atoms with van der Waals surface area (Å²) >= 11 is 0. The minimum atomic E-state index is -0.461. The van der Waals surface area contributed by atoms with E-state index in [0.29, 0.717) is 16.8 Å². The number of halogens is 1. The molecule has 20 heavy (non-hydrogen) atoms. The summed E-state index contributed by atoms with van der Waals surface area (Å²) in [4.78, 5) is 18.0. The molecule has 0 saturated carbocycles. The van der Waals surface area contributed by atoms with E-state index in [2.05, 4.69) is 9.97 Å². The minimum absolute atomic E-state index is 0.00302. The zero-order valence-electron chi connectivity index (χ0n) is 10.5. The fourth-order valence-electron chi connectivity index (χ4n) is 2.14. The molecule has 3 rings (SSSR count). The van der Waals surface area contributed by atoms with Crippen LogP contribution in [0, 0.1) is 24.1 Å². The second-order valence-electron chi connectivity index (χ2n) is 4.40. The molecule has 0 radical (unpaired) electrons. The maximum Gasteiger partial charge on any atom is 0.266 e. The van der Waals surface area contributed by atoms with Crippen LogP contribution >= 0.6 is 0 Å². The van der Waals surface area contributed by atoms with Crippen LogP contribution in [0.4, 0.5) is 4.39 Å². The summed E-state index contributed by atoms with van der Waals surface area (Å²) in [5.41, 5.74) is 1.53. The lowest BCUT2D eigenvalue weighted by Gasteiger charge is -2.07. The Hall–Kier alpha value is -2.94. The van der Waals surface area contributed by atoms with Crippen molar-refractivity contribution < 1.29 is 4.39 Å². The summed E-state index contributed by atoms with van der Waals surface area (Å²) in [7, 11) is 0. The smallest absolute Gasteiger partial charge is 0.266 e. The largest absolute Gasteiger partial charge is 0.325 e. The summed E-state index contributed by atoms with van der Waals surface area (Å²) in [6.45, 7) is 1.70. The molecule has 0 aliphatic heterocycles. The van der Waals surface area contributed by atoms with Crippen molar-refractivity contribution in [3.05, 3.63) is 58.2 Å². The van der Waals surface area contributed by atoms with E-state index in [1.165, 1.54) is 18.3 Å². The lowest BCUT2D eigenvalue weighted by atomic mass is 10.0. The molecule has 0 amide bonds. The molecule has 0 spiro atoms. The number of nitrogens with zero attached hydrogens (tertiary/aromatic N) is 3. The zero-order chi connectivity index (χ0) is 14.3. The molecule has 0 aromatic carbocycles. The number of hydrogen-bond acceptors (Lipinski definition) is 3. The van der Waals surface area contributed by atoms with Gasteiger partial charge in [0.1, 0.15) is 11.6 Å². The van der Waals surface area contributed by atoms with E-state index in [9.17, 15) is 9.18 Å². The quantitative estimate of drug-likeness (QED) is 0.733. The van der Waals surface area contributed by atoms with Gasteiger partial charge in [-0.3, -0.25) is 4.79 Å². The van der Waals surface area contributed by atoms with Gasteiger partial charge in [0.25, 0.3) is 5.56 Å². The molecule has 1 N–H and O–H groups in total. The molecular weight excluding hydrogens is 259 g/mol. The topological polar surface area (TPSA) is 73.9 Å². The number of pyridine rings is 2. The van der Waals surface area contributed by atoms with Crippen molar-refractivity contribution in [1.82, 2.24) is 14.4 Å². The first-order chi connectivity index (χ1) is 9.60. The van der Waals surface area contributed by atoms with Gasteiger partial charge >= 0.3 is 0 Å². The monoisotopic (exact) mass is 268 g/mol. The van der Waals surface area contributed by atoms with Crippen LogP contribution in [0.3, 0.4) is 0 Å². The Kier molecular flexibility index (Phi) is 2.61. The first-order valence-corrected chi connectivity index (χ1v) is 5.87. The Morgan fingerprint density at radius 1 is 1.45 bits per heavy atom. The highest BCUT2D eigenvalue weighted by atomic mass is 19.1. The van der Waals surface area contributed by atoms with Gasteiger partial charge in [0.05, 0.1) is 0 Å². The Morgan fingerprint density at radius 3 is 3.00 bits per heavy atom. The van der Waals surface area contributed by atoms with E-state index in [4.69, 9.17) is 5.26 Å². The van der Waals surface area contributed by atoms with Crippen molar-refractivity contribution in [3.63, 3.8) is 0 Å². The molecule has 0 fully saturated rings. The number of nitrogens with one attached hydrogen (secondary N) is 1. The van der Waals surface area contributed by atoms with Crippen molar-refractivity contribution in [2.75, 3.05) is 0 Å². The maximum absolute atomic E-state index is 13.9. The van der Waals surface area contributed by atoms with Gasteiger partial charge in [0.2, 0.25) is 0 Å². The fourth-order valence-corrected chi connectivity index (χ4v) is 2.14. The Balaban J connectivity index is 2.30. The van der Waals surface area contributed by atoms with E-state index in [1.54, 1.807) is 23.7 Å². The van der Waals surface area contributed by atoms with Crippen molar-refractivity contribution in [2.45, 2.75) is 6.92 Å². The van der Waals surface area contributed by atoms with Crippen LogP contribution in [-0.4, -0.2) is 14.4 Å². The first-order valence-electron chi connectivity index (χ1n) is 5.87. The lowest BCUT2D eigenvalue weighted by molar-refractivity contribution is 0.630. The molecule has 0 aliphatic rings. The molecule has 3 aromatic heterocycles. The van der Waals surface area contributed by atoms with Crippen molar-refractivity contribution in [1.29, 1.82) is 5.26 Å². The van der Waals surface area contributed by atoms with Crippen LogP contribution in [0.1, 0.15) is 11.3 Å². The highest BCUT2D eigenvalue weighted by molar-refractivity contribution is 5.68. The molecule has 0 aliphatic carbocycles. The number of rotatable bonds is 1. The molecule has 0 bridgehead atoms. The van der Waals surface area contributed by atoms with Crippen LogP contribution in [0.5, 0.6) is 0 Å². The standard InChI is InChI=1S/C14H9FN4O/c1-8-11(4-9(6-16)14(20)18-8)10-5-12(15)13-17-2-3-19(13)7-10/h2-5,7H,1H3,(H,18,20). The summed E-state index contributed by atoms with van der Waals surface area (Å²) < 4.78 is 15.5. The first kappa shape index (κ1) is 12.1. The third-order valence-corrected chi connectivity index (χ3v) is 3.11. The maximum atomic E-state index is 13.9. The molecule has 0 unspecified atom stereocenters. The van der Waals surface area contributed by atoms with Gasteiger partial charge in [-0.2, -0.15) is 5.26 Å². The van der Waals surface area contributed by atoms with E-state index in [-0.39, 0.29) is 11.2 Å². The molecule has 0 atom stereocenters. The summed E-state index contributed by atoms with van der Waals surface area (Å²) in [5.74, 6) is -0.461. The number of hydrogen-bond donors (Lipinski definition) is 1. The van der Waals surface area contributed by atoms with Gasteiger partial charge in [-0.1, -0.05) is 0 Å². The highest BCUT2D eigenvalue weighted by Gasteiger charge is 2.11. The average molecular weight is 268 g/mol. The molecular formula is C14H9FN4O. The molecule has 6 heteroatoms. The van der Waals surface area contributed by atoms with Crippen LogP contribution in [0.25, 0.3) is 16.8 Å². The molecule has 98 valence electrons. The second kappa shape index (κ2) is 4.31. The Bertz CT molecular complexity index is 917. The molecule has 3 heterocycles. The number of H-pyrrole nitrogens is 1. The normalized spacial score (nSPS) is 10.7. The summed E-state index contributed by atoms with van der Waals surface area (Å²) in [5, 5.41) is 8.91. The predicted octanol–water partition coefficient (Wildman–Crippen LogP) is 2.01. The van der Waals surface area contributed by atoms with Crippen molar-refractivity contribution in [2.24, 2.45) is 0 Å². The molecule has 0 saturated heterocycles. The summed E-state index contributed by atoms with van der Waals surface area (Å²) in [6, 6.07) is 4.62. The van der Waals surface area contributed by atoms with Crippen LogP contribution in [0.15, 0.2) is 35.5 Å². The van der Waals surface area contributed by atoms with Crippen molar-refractivity contribution in [3.8, 4) is 17.2 Å². The lowest BCUT2D eigenvalue weighted by Crippen LogP contribution is -2.12. The molecule has 3 aromatic rings. The highest BCUT2D eigenvalue weighted by Crippen LogP contribution is 2.24. The Morgan fingerprint density at radius 2 is 2.25 bits per heavy atom. The number of fused-ring (bicyclic) bond motifs is 1. The number of aromatic nitrogens is 3. The fraction of sp³-hybridized carbons (Fsp3) is 0.0714. The number of aryl methyl sites for hydroxylation is 1. The van der Waals surface area contributed by atoms with Gasteiger partial charge in [-0.25, -0.2) is 9.37 Å². The number of aromatic amines is 1. The van der Waals surface area contributed by atoms with Crippen LogP contribution < -0.4 is 5.56 Å². The minimum Gasteiger partial charge on any atom is -0.325 e. The van der Waals surface area contributed by atoms with Gasteiger partial charge in [0.15, 0.2) is 11.5 Å². The van der Waals surface area contributed by atoms with Gasteiger partial charge in [-0.15, -0.1) is 0 Å². The Labute approximate surface area is 112 Å². The van der Waals surface area contributed by atoms with E-state index in [0.717, 1.165) is 0 Å². The SMILES string of the molecule is Cc1[nH]c(=O)c(C#N)cc1-c1cc(F)c2nccn2c1. The predicted molar refractivity (Wildman–Crippen MR) is 70.7 cm³/mol. The van der Waals surface area contributed by atoms with E-state index < -0.39 is 11.4 Å². The van der Waals surface area contributed by atoms with Gasteiger partial charge in [0, 0.05) is 35.4 Å². The summed E-state index contributed by atoms with van der Waals surface area (Å²) in [6.07, 6.45) is 4.84. The van der Waals surface area contributed by atoms with Gasteiger partial charge in [-0.05, 0) is 19.1 Å². The third-order valence-electron chi connectivity index (χ3n) is 3.11. The van der Waals surface area contributed by atoms with Gasteiger partial charge < -0.3 is 9.38 Å². The second-order valence-corrected chi connectivity index (χ2v) is 4.40. The number of nitriles is 1. The third kappa shape index (κ3) is 1.77. The van der Waals surface area contributed by atoms with Crippen LogP contribution in [-0.2, 0) is 0 Å². The van der Waals surface area contributed by atoms with Crippen LogP contribution in [0.2, 0.25) is 0 Å².